The summed E-state index contributed by atoms with van der Waals surface area (Å²) < 4.78 is 0. The molecule has 0 radical (unpaired) electrons. The normalized spacial score (nSPS) is 20.5. The van der Waals surface area contributed by atoms with Crippen LogP contribution >= 0.6 is 21.6 Å². The third-order valence-electron chi connectivity index (χ3n) is 1.86. The van der Waals surface area contributed by atoms with Crippen molar-refractivity contribution in [2.45, 2.75) is 44.3 Å². The zero-order valence-corrected chi connectivity index (χ0v) is 9.70. The molecule has 1 aliphatic rings. The van der Waals surface area contributed by atoms with E-state index in [0.717, 1.165) is 5.25 Å². The first-order valence-electron chi connectivity index (χ1n) is 4.71. The van der Waals surface area contributed by atoms with Crippen LogP contribution in [0.4, 0.5) is 0 Å². The minimum Gasteiger partial charge on any atom is -0.483 e. The van der Waals surface area contributed by atoms with Gasteiger partial charge in [-0.15, -0.1) is 0 Å². The van der Waals surface area contributed by atoms with Gasteiger partial charge in [0.25, 0.3) is 6.47 Å². The number of hydrogen-bond donors (Lipinski definition) is 1. The monoisotopic (exact) mass is 222 g/mol. The van der Waals surface area contributed by atoms with Gasteiger partial charge < -0.3 is 5.11 Å². The molecule has 4 heteroatoms. The van der Waals surface area contributed by atoms with Gasteiger partial charge in [-0.3, -0.25) is 4.79 Å². The second kappa shape index (κ2) is 10.3. The standard InChI is InChI=1S/C8H16S2.CH2O2/c1-2-3-4-5-8-6-7-9-10-8;2-1-3/h8H,2-7H2,1H3;1H,(H,2,3). The van der Waals surface area contributed by atoms with E-state index in [1.54, 1.807) is 0 Å². The fourth-order valence-corrected chi connectivity index (χ4v) is 4.21. The molecule has 0 aliphatic carbocycles. The van der Waals surface area contributed by atoms with E-state index in [4.69, 9.17) is 9.90 Å². The molecule has 1 atom stereocenters. The molecule has 0 saturated carbocycles. The Morgan fingerprint density at radius 1 is 1.54 bits per heavy atom. The Kier molecular flexibility index (Phi) is 10.4. The molecular formula is C9H18O2S2. The highest BCUT2D eigenvalue weighted by molar-refractivity contribution is 8.77. The summed E-state index contributed by atoms with van der Waals surface area (Å²) in [6, 6.07) is 0. The maximum atomic E-state index is 8.36. The molecule has 2 nitrogen and oxygen atoms in total. The Morgan fingerprint density at radius 3 is 2.69 bits per heavy atom. The molecule has 1 unspecified atom stereocenters. The molecule has 1 fully saturated rings. The van der Waals surface area contributed by atoms with Crippen LogP contribution in [0.2, 0.25) is 0 Å². The second-order valence-electron chi connectivity index (χ2n) is 2.93. The Hall–Kier alpha value is 0.170. The van der Waals surface area contributed by atoms with E-state index in [-0.39, 0.29) is 6.47 Å². The van der Waals surface area contributed by atoms with Gasteiger partial charge in [-0.1, -0.05) is 47.8 Å². The Bertz CT molecular complexity index is 114. The van der Waals surface area contributed by atoms with Gasteiger partial charge in [-0.2, -0.15) is 0 Å². The molecule has 1 saturated heterocycles. The SMILES string of the molecule is CCCCCC1CCSS1.O=CO. The van der Waals surface area contributed by atoms with Crippen molar-refractivity contribution in [2.75, 3.05) is 5.75 Å². The van der Waals surface area contributed by atoms with Gasteiger partial charge >= 0.3 is 0 Å². The average Bonchev–Trinajstić information content (AvgIpc) is 2.59. The minimum atomic E-state index is -0.250. The van der Waals surface area contributed by atoms with Gasteiger partial charge in [-0.25, -0.2) is 0 Å². The van der Waals surface area contributed by atoms with Crippen LogP contribution in [0.15, 0.2) is 0 Å². The summed E-state index contributed by atoms with van der Waals surface area (Å²) >= 11 is 0. The van der Waals surface area contributed by atoms with Crippen LogP contribution in [0, 0.1) is 0 Å². The van der Waals surface area contributed by atoms with Crippen LogP contribution in [0.5, 0.6) is 0 Å². The third-order valence-corrected chi connectivity index (χ3v) is 4.86. The highest BCUT2D eigenvalue weighted by atomic mass is 33.1. The molecular weight excluding hydrogens is 204 g/mol. The predicted octanol–water partition coefficient (Wildman–Crippen LogP) is 3.42. The highest BCUT2D eigenvalue weighted by Crippen LogP contribution is 2.39. The Morgan fingerprint density at radius 2 is 2.23 bits per heavy atom. The van der Waals surface area contributed by atoms with Crippen molar-refractivity contribution in [3.63, 3.8) is 0 Å². The van der Waals surface area contributed by atoms with E-state index in [1.165, 1.54) is 37.9 Å². The first-order valence-corrected chi connectivity index (χ1v) is 7.09. The fourth-order valence-electron chi connectivity index (χ4n) is 1.19. The van der Waals surface area contributed by atoms with Crippen molar-refractivity contribution in [3.8, 4) is 0 Å². The van der Waals surface area contributed by atoms with Gasteiger partial charge in [0.05, 0.1) is 0 Å². The quantitative estimate of drug-likeness (QED) is 0.449. The summed E-state index contributed by atoms with van der Waals surface area (Å²) in [6.45, 7) is 2.02. The van der Waals surface area contributed by atoms with Gasteiger partial charge in [0.2, 0.25) is 0 Å². The average molecular weight is 222 g/mol. The summed E-state index contributed by atoms with van der Waals surface area (Å²) in [5.74, 6) is 1.39. The maximum Gasteiger partial charge on any atom is 0.290 e. The van der Waals surface area contributed by atoms with Crippen molar-refractivity contribution >= 4 is 28.1 Å². The molecule has 1 aliphatic heterocycles. The van der Waals surface area contributed by atoms with Gasteiger partial charge in [-0.05, 0) is 12.8 Å². The summed E-state index contributed by atoms with van der Waals surface area (Å²) in [7, 11) is 4.17. The summed E-state index contributed by atoms with van der Waals surface area (Å²) in [4.78, 5) is 8.36. The zero-order chi connectivity index (χ0) is 9.94. The largest absolute Gasteiger partial charge is 0.483 e. The highest BCUT2D eigenvalue weighted by Gasteiger charge is 2.14. The van der Waals surface area contributed by atoms with Crippen LogP contribution in [0.25, 0.3) is 0 Å². The first-order chi connectivity index (χ1) is 6.35. The van der Waals surface area contributed by atoms with Crippen LogP contribution in [-0.2, 0) is 4.79 Å². The molecule has 1 heterocycles. The predicted molar refractivity (Wildman–Crippen MR) is 61.3 cm³/mol. The van der Waals surface area contributed by atoms with Crippen LogP contribution < -0.4 is 0 Å². The smallest absolute Gasteiger partial charge is 0.290 e. The topological polar surface area (TPSA) is 37.3 Å². The lowest BCUT2D eigenvalue weighted by molar-refractivity contribution is -0.122. The zero-order valence-electron chi connectivity index (χ0n) is 8.07. The molecule has 78 valence electrons. The van der Waals surface area contributed by atoms with Crippen molar-refractivity contribution in [3.05, 3.63) is 0 Å². The lowest BCUT2D eigenvalue weighted by Gasteiger charge is -2.04. The van der Waals surface area contributed by atoms with E-state index in [2.05, 4.69) is 28.5 Å². The van der Waals surface area contributed by atoms with E-state index in [0.29, 0.717) is 0 Å². The molecule has 0 aromatic heterocycles. The molecule has 1 rings (SSSR count). The van der Waals surface area contributed by atoms with Gasteiger partial charge in [0.1, 0.15) is 0 Å². The van der Waals surface area contributed by atoms with Crippen molar-refractivity contribution < 1.29 is 9.90 Å². The number of carboxylic acid groups (broad SMARTS) is 1. The lowest BCUT2D eigenvalue weighted by Crippen LogP contribution is -1.96. The third kappa shape index (κ3) is 8.50. The first kappa shape index (κ1) is 13.2. The molecule has 0 aromatic carbocycles. The Balaban J connectivity index is 0.000000424. The number of unbranched alkanes of at least 4 members (excludes halogenated alkanes) is 2. The van der Waals surface area contributed by atoms with E-state index in [9.17, 15) is 0 Å². The minimum absolute atomic E-state index is 0.250. The summed E-state index contributed by atoms with van der Waals surface area (Å²) in [6.07, 6.45) is 7.17. The van der Waals surface area contributed by atoms with Crippen LogP contribution in [0.1, 0.15) is 39.0 Å². The van der Waals surface area contributed by atoms with Gasteiger partial charge in [0.15, 0.2) is 0 Å². The van der Waals surface area contributed by atoms with Crippen LogP contribution in [-0.4, -0.2) is 22.6 Å². The van der Waals surface area contributed by atoms with Crippen LogP contribution in [0.3, 0.4) is 0 Å². The molecule has 0 amide bonds. The summed E-state index contributed by atoms with van der Waals surface area (Å²) in [5, 5.41) is 7.89. The molecule has 0 spiro atoms. The molecule has 1 N–H and O–H groups in total. The van der Waals surface area contributed by atoms with Crippen molar-refractivity contribution in [1.82, 2.24) is 0 Å². The second-order valence-corrected chi connectivity index (χ2v) is 5.72. The fraction of sp³-hybridized carbons (Fsp3) is 0.889. The Labute approximate surface area is 88.3 Å². The van der Waals surface area contributed by atoms with Crippen molar-refractivity contribution in [1.29, 1.82) is 0 Å². The van der Waals surface area contributed by atoms with E-state index in [1.807, 2.05) is 0 Å². The summed E-state index contributed by atoms with van der Waals surface area (Å²) in [5.41, 5.74) is 0. The number of hydrogen-bond acceptors (Lipinski definition) is 3. The number of rotatable bonds is 4. The molecule has 0 bridgehead atoms. The van der Waals surface area contributed by atoms with Crippen molar-refractivity contribution in [2.24, 2.45) is 0 Å². The number of carbonyl (C=O) groups is 1. The lowest BCUT2D eigenvalue weighted by atomic mass is 10.1. The maximum absolute atomic E-state index is 8.36. The van der Waals surface area contributed by atoms with E-state index >= 15 is 0 Å². The molecule has 0 aromatic rings. The molecule has 13 heavy (non-hydrogen) atoms. The van der Waals surface area contributed by atoms with Gasteiger partial charge in [0, 0.05) is 11.0 Å². The van der Waals surface area contributed by atoms with E-state index < -0.39 is 0 Å².